The minimum atomic E-state index is -3.89. The molecule has 0 atom stereocenters. The number of hydrogen-bond donors (Lipinski definition) is 2. The van der Waals surface area contributed by atoms with Crippen LogP contribution in [0.3, 0.4) is 0 Å². The maximum Gasteiger partial charge on any atom is 0.419 e. The number of thiazole rings is 1. The van der Waals surface area contributed by atoms with Crippen molar-refractivity contribution in [1.29, 1.82) is 0 Å². The lowest BCUT2D eigenvalue weighted by Crippen LogP contribution is -2.16. The van der Waals surface area contributed by atoms with Gasteiger partial charge in [0.25, 0.3) is 10.0 Å². The minimum Gasteiger partial charge on any atom is -0.372 e. The molecule has 0 aliphatic rings. The molecule has 0 aliphatic heterocycles. The van der Waals surface area contributed by atoms with Gasteiger partial charge in [-0.2, -0.15) is 0 Å². The zero-order valence-corrected chi connectivity index (χ0v) is 12.7. The fourth-order valence-corrected chi connectivity index (χ4v) is 3.78. The molecule has 8 nitrogen and oxygen atoms in total. The van der Waals surface area contributed by atoms with E-state index in [1.165, 1.54) is 12.1 Å². The highest BCUT2D eigenvalue weighted by atomic mass is 32.2. The first-order valence-corrected chi connectivity index (χ1v) is 8.33. The van der Waals surface area contributed by atoms with Crippen molar-refractivity contribution in [3.63, 3.8) is 0 Å². The summed E-state index contributed by atoms with van der Waals surface area (Å²) in [7, 11) is -3.89. The summed E-state index contributed by atoms with van der Waals surface area (Å²) in [6.07, 6.45) is 0. The van der Waals surface area contributed by atoms with Crippen LogP contribution in [-0.4, -0.2) is 18.4 Å². The van der Waals surface area contributed by atoms with E-state index in [-0.39, 0.29) is 20.9 Å². The molecule has 0 saturated heterocycles. The largest absolute Gasteiger partial charge is 0.419 e. The van der Waals surface area contributed by atoms with Gasteiger partial charge in [-0.3, -0.25) is 9.71 Å². The maximum absolute atomic E-state index is 12.3. The number of fused-ring (bicyclic) bond motifs is 1. The Morgan fingerprint density at radius 1 is 1.32 bits per heavy atom. The second-order valence-electron chi connectivity index (χ2n) is 4.41. The monoisotopic (exact) mass is 339 g/mol. The highest BCUT2D eigenvalue weighted by Gasteiger charge is 2.17. The van der Waals surface area contributed by atoms with E-state index in [1.807, 2.05) is 0 Å². The normalized spacial score (nSPS) is 11.7. The van der Waals surface area contributed by atoms with Gasteiger partial charge >= 0.3 is 11.4 Å². The Labute approximate surface area is 127 Å². The predicted octanol–water partition coefficient (Wildman–Crippen LogP) is 1.05. The Hall–Kier alpha value is -2.46. The highest BCUT2D eigenvalue weighted by Crippen LogP contribution is 2.21. The lowest BCUT2D eigenvalue weighted by Gasteiger charge is -2.05. The van der Waals surface area contributed by atoms with Gasteiger partial charge in [0.15, 0.2) is 5.13 Å². The second-order valence-corrected chi connectivity index (χ2v) is 6.95. The summed E-state index contributed by atoms with van der Waals surface area (Å²) in [6.45, 7) is 1.74. The van der Waals surface area contributed by atoms with Crippen LogP contribution in [0.4, 0.5) is 5.13 Å². The molecule has 0 unspecified atom stereocenters. The third kappa shape index (κ3) is 2.65. The smallest absolute Gasteiger partial charge is 0.372 e. The van der Waals surface area contributed by atoms with Crippen molar-refractivity contribution in [3.8, 4) is 0 Å². The van der Waals surface area contributed by atoms with Crippen LogP contribution in [-0.2, 0) is 10.0 Å². The van der Waals surface area contributed by atoms with Gasteiger partial charge in [0.05, 0.1) is 21.5 Å². The molecular formula is C12H9N3O5S2. The van der Waals surface area contributed by atoms with E-state index in [2.05, 4.69) is 19.1 Å². The molecule has 2 aromatic heterocycles. The number of aromatic amines is 1. The van der Waals surface area contributed by atoms with Crippen LogP contribution in [0.25, 0.3) is 10.9 Å². The molecule has 0 spiro atoms. The number of nitrogens with one attached hydrogen (secondary N) is 2. The number of hydrogen-bond acceptors (Lipinski definition) is 7. The van der Waals surface area contributed by atoms with Gasteiger partial charge in [-0.15, -0.1) is 11.3 Å². The average molecular weight is 339 g/mol. The molecule has 3 rings (SSSR count). The minimum absolute atomic E-state index is 0.0298. The summed E-state index contributed by atoms with van der Waals surface area (Å²) in [5.74, 6) is -0.899. The molecule has 22 heavy (non-hydrogen) atoms. The predicted molar refractivity (Wildman–Crippen MR) is 80.8 cm³/mol. The summed E-state index contributed by atoms with van der Waals surface area (Å²) in [5, 5.41) is 1.90. The van der Waals surface area contributed by atoms with E-state index in [4.69, 9.17) is 0 Å². The Morgan fingerprint density at radius 3 is 2.77 bits per heavy atom. The van der Waals surface area contributed by atoms with E-state index >= 15 is 0 Å². The molecule has 2 heterocycles. The summed E-state index contributed by atoms with van der Waals surface area (Å²) in [5.41, 5.74) is -0.00869. The third-order valence-corrected chi connectivity index (χ3v) is 5.13. The second kappa shape index (κ2) is 5.07. The molecule has 0 radical (unpaired) electrons. The van der Waals surface area contributed by atoms with Crippen LogP contribution in [0.2, 0.25) is 0 Å². The fourth-order valence-electron chi connectivity index (χ4n) is 1.82. The lowest BCUT2D eigenvalue weighted by molar-refractivity contribution is 0.460. The zero-order chi connectivity index (χ0) is 15.9. The SMILES string of the molecule is Cc1csc(NS(=O)(=O)c2ccc3[nH]c(=O)oc(=O)c3c2)n1. The van der Waals surface area contributed by atoms with Gasteiger partial charge in [0.1, 0.15) is 0 Å². The van der Waals surface area contributed by atoms with Gasteiger partial charge < -0.3 is 4.42 Å². The van der Waals surface area contributed by atoms with Gasteiger partial charge in [0, 0.05) is 5.38 Å². The van der Waals surface area contributed by atoms with Crippen molar-refractivity contribution in [2.45, 2.75) is 11.8 Å². The van der Waals surface area contributed by atoms with Gasteiger partial charge in [-0.1, -0.05) is 0 Å². The number of aryl methyl sites for hydroxylation is 1. The highest BCUT2D eigenvalue weighted by molar-refractivity contribution is 7.93. The van der Waals surface area contributed by atoms with Gasteiger partial charge in [0.2, 0.25) is 0 Å². The number of rotatable bonds is 3. The van der Waals surface area contributed by atoms with Crippen LogP contribution < -0.4 is 16.1 Å². The number of anilines is 1. The molecule has 0 fully saturated rings. The van der Waals surface area contributed by atoms with Gasteiger partial charge in [-0.05, 0) is 25.1 Å². The number of benzene rings is 1. The standard InChI is InChI=1S/C12H9N3O5S2/c1-6-5-21-11(13-6)15-22(18,19)7-2-3-9-8(4-7)10(16)20-12(17)14-9/h2-5H,1H3,(H,13,15)(H,14,17). The third-order valence-electron chi connectivity index (χ3n) is 2.78. The van der Waals surface area contributed by atoms with Crippen molar-refractivity contribution in [3.05, 3.63) is 50.2 Å². The topological polar surface area (TPSA) is 122 Å². The molecule has 0 bridgehead atoms. The van der Waals surface area contributed by atoms with Gasteiger partial charge in [-0.25, -0.2) is 23.0 Å². The van der Waals surface area contributed by atoms with Crippen LogP contribution in [0.15, 0.2) is 42.5 Å². The molecule has 114 valence electrons. The number of H-pyrrole nitrogens is 1. The van der Waals surface area contributed by atoms with E-state index in [9.17, 15) is 18.0 Å². The molecule has 0 saturated carbocycles. The van der Waals surface area contributed by atoms with E-state index < -0.39 is 21.4 Å². The Bertz CT molecular complexity index is 1080. The summed E-state index contributed by atoms with van der Waals surface area (Å²) >= 11 is 1.15. The molecular weight excluding hydrogens is 330 g/mol. The number of sulfonamides is 1. The van der Waals surface area contributed by atoms with Crippen LogP contribution in [0.1, 0.15) is 5.69 Å². The molecule has 0 amide bonds. The van der Waals surface area contributed by atoms with E-state index in [0.29, 0.717) is 5.69 Å². The van der Waals surface area contributed by atoms with Crippen molar-refractivity contribution >= 4 is 37.4 Å². The van der Waals surface area contributed by atoms with Crippen LogP contribution in [0.5, 0.6) is 0 Å². The van der Waals surface area contributed by atoms with Crippen LogP contribution >= 0.6 is 11.3 Å². The van der Waals surface area contributed by atoms with E-state index in [1.54, 1.807) is 12.3 Å². The summed E-state index contributed by atoms with van der Waals surface area (Å²) < 4.78 is 31.3. The first kappa shape index (κ1) is 14.5. The Balaban J connectivity index is 2.09. The van der Waals surface area contributed by atoms with Crippen molar-refractivity contribution in [2.75, 3.05) is 4.72 Å². The average Bonchev–Trinajstić information content (AvgIpc) is 2.82. The maximum atomic E-state index is 12.3. The summed E-state index contributed by atoms with van der Waals surface area (Å²) in [6, 6.07) is 3.75. The Kier molecular flexibility index (Phi) is 3.34. The first-order chi connectivity index (χ1) is 10.3. The lowest BCUT2D eigenvalue weighted by atomic mass is 10.2. The van der Waals surface area contributed by atoms with Crippen molar-refractivity contribution in [1.82, 2.24) is 9.97 Å². The Morgan fingerprint density at radius 2 is 2.09 bits per heavy atom. The van der Waals surface area contributed by atoms with E-state index in [0.717, 1.165) is 17.4 Å². The molecule has 2 N–H and O–H groups in total. The molecule has 3 aromatic rings. The molecule has 0 aliphatic carbocycles. The first-order valence-electron chi connectivity index (χ1n) is 5.97. The van der Waals surface area contributed by atoms with Crippen molar-refractivity contribution in [2.24, 2.45) is 0 Å². The number of aromatic nitrogens is 2. The number of nitrogens with zero attached hydrogens (tertiary/aromatic N) is 1. The quantitative estimate of drug-likeness (QED) is 0.735. The summed E-state index contributed by atoms with van der Waals surface area (Å²) in [4.78, 5) is 28.9. The molecule has 10 heteroatoms. The van der Waals surface area contributed by atoms with Crippen LogP contribution in [0, 0.1) is 6.92 Å². The van der Waals surface area contributed by atoms with Crippen molar-refractivity contribution < 1.29 is 12.8 Å². The molecule has 1 aromatic carbocycles. The zero-order valence-electron chi connectivity index (χ0n) is 11.1. The fraction of sp³-hybridized carbons (Fsp3) is 0.0833.